The van der Waals surface area contributed by atoms with Gasteiger partial charge in [-0.15, -0.1) is 0 Å². The Hall–Kier alpha value is -0.0800. The second kappa shape index (κ2) is 5.55. The van der Waals surface area contributed by atoms with Gasteiger partial charge in [0.2, 0.25) is 0 Å². The van der Waals surface area contributed by atoms with Crippen LogP contribution in [0.3, 0.4) is 0 Å². The molecule has 0 bridgehead atoms. The van der Waals surface area contributed by atoms with Crippen LogP contribution in [0.1, 0.15) is 41.0 Å². The van der Waals surface area contributed by atoms with Gasteiger partial charge in [-0.3, -0.25) is 0 Å². The lowest BCUT2D eigenvalue weighted by molar-refractivity contribution is 0.346. The Labute approximate surface area is 77.1 Å². The molecule has 0 amide bonds. The van der Waals surface area contributed by atoms with Crippen molar-refractivity contribution in [1.29, 1.82) is 0 Å². The summed E-state index contributed by atoms with van der Waals surface area (Å²) in [5.74, 6) is 0. The Balaban J connectivity index is 3.31. The van der Waals surface area contributed by atoms with Crippen LogP contribution >= 0.6 is 0 Å². The molecule has 0 rings (SSSR count). The molecule has 0 spiro atoms. The zero-order valence-corrected chi connectivity index (χ0v) is 9.20. The Bertz CT molecular complexity index is 105. The minimum atomic E-state index is 0.442. The second-order valence-electron chi connectivity index (χ2n) is 4.54. The van der Waals surface area contributed by atoms with Crippen molar-refractivity contribution < 1.29 is 0 Å². The topological polar surface area (TPSA) is 24.1 Å². The fourth-order valence-corrected chi connectivity index (χ4v) is 1.04. The standard InChI is InChI=1S/C10H24N2/c1-6-11-9(2)12-8-7-10(3,4)5/h9,11-12H,6-8H2,1-5H3. The van der Waals surface area contributed by atoms with Gasteiger partial charge in [0.05, 0.1) is 6.17 Å². The molecule has 12 heavy (non-hydrogen) atoms. The maximum Gasteiger partial charge on any atom is 0.0542 e. The molecular weight excluding hydrogens is 148 g/mol. The van der Waals surface area contributed by atoms with Crippen LogP contribution in [0.2, 0.25) is 0 Å². The molecular formula is C10H24N2. The monoisotopic (exact) mass is 172 g/mol. The highest BCUT2D eigenvalue weighted by molar-refractivity contribution is 4.65. The quantitative estimate of drug-likeness (QED) is 0.620. The van der Waals surface area contributed by atoms with Crippen LogP contribution in [0.15, 0.2) is 0 Å². The van der Waals surface area contributed by atoms with Crippen molar-refractivity contribution in [2.45, 2.75) is 47.2 Å². The fraction of sp³-hybridized carbons (Fsp3) is 1.00. The van der Waals surface area contributed by atoms with Crippen molar-refractivity contribution in [2.24, 2.45) is 5.41 Å². The van der Waals surface area contributed by atoms with Crippen molar-refractivity contribution in [3.05, 3.63) is 0 Å². The number of nitrogens with one attached hydrogen (secondary N) is 2. The molecule has 0 heterocycles. The Kier molecular flexibility index (Phi) is 5.51. The van der Waals surface area contributed by atoms with Gasteiger partial charge in [-0.2, -0.15) is 0 Å². The minimum Gasteiger partial charge on any atom is -0.302 e. The zero-order chi connectivity index (χ0) is 9.61. The molecule has 0 aliphatic rings. The maximum absolute atomic E-state index is 3.43. The zero-order valence-electron chi connectivity index (χ0n) is 9.20. The van der Waals surface area contributed by atoms with E-state index in [-0.39, 0.29) is 0 Å². The maximum atomic E-state index is 3.43. The van der Waals surface area contributed by atoms with Crippen LogP contribution in [0, 0.1) is 5.41 Å². The van der Waals surface area contributed by atoms with Crippen molar-refractivity contribution in [2.75, 3.05) is 13.1 Å². The van der Waals surface area contributed by atoms with Crippen molar-refractivity contribution >= 4 is 0 Å². The highest BCUT2D eigenvalue weighted by Crippen LogP contribution is 2.16. The van der Waals surface area contributed by atoms with Gasteiger partial charge in [0.25, 0.3) is 0 Å². The van der Waals surface area contributed by atoms with Gasteiger partial charge in [-0.05, 0) is 31.8 Å². The van der Waals surface area contributed by atoms with Gasteiger partial charge in [0.15, 0.2) is 0 Å². The van der Waals surface area contributed by atoms with Gasteiger partial charge >= 0.3 is 0 Å². The van der Waals surface area contributed by atoms with Crippen molar-refractivity contribution in [3.8, 4) is 0 Å². The Morgan fingerprint density at radius 3 is 2.17 bits per heavy atom. The lowest BCUT2D eigenvalue weighted by Crippen LogP contribution is -2.40. The normalized spacial score (nSPS) is 14.8. The predicted octanol–water partition coefficient (Wildman–Crippen LogP) is 1.97. The van der Waals surface area contributed by atoms with Gasteiger partial charge in [-0.25, -0.2) is 0 Å². The Morgan fingerprint density at radius 1 is 1.17 bits per heavy atom. The largest absolute Gasteiger partial charge is 0.302 e. The third kappa shape index (κ3) is 8.02. The molecule has 1 unspecified atom stereocenters. The molecule has 0 fully saturated rings. The van der Waals surface area contributed by atoms with E-state index in [4.69, 9.17) is 0 Å². The van der Waals surface area contributed by atoms with Crippen molar-refractivity contribution in [3.63, 3.8) is 0 Å². The first-order valence-electron chi connectivity index (χ1n) is 4.92. The summed E-state index contributed by atoms with van der Waals surface area (Å²) in [7, 11) is 0. The molecule has 0 saturated carbocycles. The molecule has 0 aliphatic heterocycles. The SMILES string of the molecule is CCNC(C)NCCC(C)(C)C. The summed E-state index contributed by atoms with van der Waals surface area (Å²) in [5.41, 5.74) is 0.443. The van der Waals surface area contributed by atoms with E-state index in [1.807, 2.05) is 0 Å². The number of rotatable bonds is 5. The molecule has 2 nitrogen and oxygen atoms in total. The Morgan fingerprint density at radius 2 is 1.75 bits per heavy atom. The van der Waals surface area contributed by atoms with Crippen LogP contribution < -0.4 is 10.6 Å². The molecule has 2 heteroatoms. The summed E-state index contributed by atoms with van der Waals surface area (Å²) in [4.78, 5) is 0. The molecule has 1 atom stereocenters. The highest BCUT2D eigenvalue weighted by atomic mass is 15.1. The smallest absolute Gasteiger partial charge is 0.0542 e. The molecule has 0 aromatic heterocycles. The lowest BCUT2D eigenvalue weighted by atomic mass is 9.92. The van der Waals surface area contributed by atoms with E-state index in [1.165, 1.54) is 6.42 Å². The average molecular weight is 172 g/mol. The van der Waals surface area contributed by atoms with Crippen LogP contribution in [0.5, 0.6) is 0 Å². The fourth-order valence-electron chi connectivity index (χ4n) is 1.04. The van der Waals surface area contributed by atoms with Gasteiger partial charge < -0.3 is 10.6 Å². The molecule has 0 aromatic carbocycles. The first-order valence-corrected chi connectivity index (χ1v) is 4.92. The van der Waals surface area contributed by atoms with Crippen molar-refractivity contribution in [1.82, 2.24) is 10.6 Å². The number of hydrogen-bond acceptors (Lipinski definition) is 2. The summed E-state index contributed by atoms with van der Waals surface area (Å²) >= 11 is 0. The minimum absolute atomic E-state index is 0.442. The first-order chi connectivity index (χ1) is 5.45. The first kappa shape index (κ1) is 11.9. The summed E-state index contributed by atoms with van der Waals surface area (Å²) < 4.78 is 0. The van der Waals surface area contributed by atoms with E-state index in [9.17, 15) is 0 Å². The number of hydrogen-bond donors (Lipinski definition) is 2. The molecule has 74 valence electrons. The summed E-state index contributed by atoms with van der Waals surface area (Å²) in [5, 5.41) is 6.75. The van der Waals surface area contributed by atoms with Gasteiger partial charge in [0, 0.05) is 0 Å². The van der Waals surface area contributed by atoms with E-state index in [0.717, 1.165) is 13.1 Å². The summed E-state index contributed by atoms with van der Waals surface area (Å²) in [6, 6.07) is 0. The van der Waals surface area contributed by atoms with Gasteiger partial charge in [-0.1, -0.05) is 27.7 Å². The predicted molar refractivity (Wildman–Crippen MR) is 55.2 cm³/mol. The van der Waals surface area contributed by atoms with E-state index >= 15 is 0 Å². The molecule has 0 radical (unpaired) electrons. The van der Waals surface area contributed by atoms with Crippen LogP contribution in [-0.2, 0) is 0 Å². The second-order valence-corrected chi connectivity index (χ2v) is 4.54. The molecule has 0 aromatic rings. The highest BCUT2D eigenvalue weighted by Gasteiger charge is 2.09. The van der Waals surface area contributed by atoms with Crippen LogP contribution in [-0.4, -0.2) is 19.3 Å². The lowest BCUT2D eigenvalue weighted by Gasteiger charge is -2.20. The van der Waals surface area contributed by atoms with E-state index in [1.54, 1.807) is 0 Å². The van der Waals surface area contributed by atoms with E-state index in [0.29, 0.717) is 11.6 Å². The van der Waals surface area contributed by atoms with Crippen LogP contribution in [0.4, 0.5) is 0 Å². The molecule has 0 aliphatic carbocycles. The molecule has 2 N–H and O–H groups in total. The average Bonchev–Trinajstić information content (AvgIpc) is 1.84. The van der Waals surface area contributed by atoms with Gasteiger partial charge in [0.1, 0.15) is 0 Å². The summed E-state index contributed by atoms with van der Waals surface area (Å²) in [6.07, 6.45) is 1.67. The van der Waals surface area contributed by atoms with Crippen LogP contribution in [0.25, 0.3) is 0 Å². The summed E-state index contributed by atoms with van der Waals surface area (Å²) in [6.45, 7) is 13.2. The van der Waals surface area contributed by atoms with E-state index in [2.05, 4.69) is 45.3 Å². The third-order valence-corrected chi connectivity index (χ3v) is 1.84. The molecule has 0 saturated heterocycles. The van der Waals surface area contributed by atoms with E-state index < -0.39 is 0 Å². The third-order valence-electron chi connectivity index (χ3n) is 1.84.